The molecule has 0 aliphatic heterocycles. The van der Waals surface area contributed by atoms with E-state index in [4.69, 9.17) is 11.6 Å². The van der Waals surface area contributed by atoms with Crippen LogP contribution in [0.5, 0.6) is 0 Å². The van der Waals surface area contributed by atoms with Crippen LogP contribution in [0.4, 0.5) is 9.52 Å². The highest BCUT2D eigenvalue weighted by Crippen LogP contribution is 2.24. The number of nitrogens with zero attached hydrogens (tertiary/aromatic N) is 2. The molecule has 0 saturated heterocycles. The van der Waals surface area contributed by atoms with Crippen LogP contribution in [0.15, 0.2) is 59.0 Å². The predicted octanol–water partition coefficient (Wildman–Crippen LogP) is 5.05. The van der Waals surface area contributed by atoms with Gasteiger partial charge in [-0.3, -0.25) is 5.43 Å². The van der Waals surface area contributed by atoms with E-state index in [0.717, 1.165) is 11.3 Å². The van der Waals surface area contributed by atoms with Crippen LogP contribution in [-0.2, 0) is 0 Å². The molecule has 0 aliphatic carbocycles. The van der Waals surface area contributed by atoms with E-state index in [0.29, 0.717) is 15.7 Å². The maximum Gasteiger partial charge on any atom is 0.203 e. The van der Waals surface area contributed by atoms with Gasteiger partial charge in [0.05, 0.1) is 16.9 Å². The number of anilines is 1. The molecule has 22 heavy (non-hydrogen) atoms. The number of rotatable bonds is 4. The lowest BCUT2D eigenvalue weighted by Gasteiger charge is -1.98. The van der Waals surface area contributed by atoms with Crippen LogP contribution in [-0.4, -0.2) is 11.2 Å². The minimum atomic E-state index is -0.373. The van der Waals surface area contributed by atoms with Crippen molar-refractivity contribution in [1.82, 2.24) is 4.98 Å². The fourth-order valence-electron chi connectivity index (χ4n) is 1.83. The average Bonchev–Trinajstić information content (AvgIpc) is 2.99. The number of hydrogen-bond acceptors (Lipinski definition) is 4. The second kappa shape index (κ2) is 6.68. The Bertz CT molecular complexity index is 802. The summed E-state index contributed by atoms with van der Waals surface area (Å²) in [5.74, 6) is -0.373. The highest BCUT2D eigenvalue weighted by molar-refractivity contribution is 7.14. The normalized spacial score (nSPS) is 11.0. The van der Waals surface area contributed by atoms with Gasteiger partial charge in [-0.05, 0) is 18.2 Å². The van der Waals surface area contributed by atoms with Crippen LogP contribution in [0.3, 0.4) is 0 Å². The Morgan fingerprint density at radius 1 is 1.18 bits per heavy atom. The summed E-state index contributed by atoms with van der Waals surface area (Å²) in [6.45, 7) is 0. The number of thiazole rings is 1. The molecule has 6 heteroatoms. The molecule has 3 rings (SSSR count). The standard InChI is InChI=1S/C16H11ClFN3S/c17-14-8-13(18)7-6-12(14)9-19-21-16-20-15(10-22-16)11-4-2-1-3-5-11/h1-10H,(H,20,21). The van der Waals surface area contributed by atoms with Gasteiger partial charge in [-0.25, -0.2) is 9.37 Å². The van der Waals surface area contributed by atoms with E-state index in [-0.39, 0.29) is 5.82 Å². The minimum Gasteiger partial charge on any atom is -0.253 e. The van der Waals surface area contributed by atoms with Gasteiger partial charge >= 0.3 is 0 Å². The SMILES string of the molecule is Fc1ccc(C=NNc2nc(-c3ccccc3)cs2)c(Cl)c1. The third-order valence-electron chi connectivity index (χ3n) is 2.90. The number of aromatic nitrogens is 1. The summed E-state index contributed by atoms with van der Waals surface area (Å²) in [5, 5.41) is 7.02. The molecule has 0 bridgehead atoms. The van der Waals surface area contributed by atoms with Crippen LogP contribution in [0.25, 0.3) is 11.3 Å². The Labute approximate surface area is 136 Å². The van der Waals surface area contributed by atoms with Gasteiger partial charge in [-0.1, -0.05) is 41.9 Å². The summed E-state index contributed by atoms with van der Waals surface area (Å²) in [7, 11) is 0. The molecule has 0 aliphatic rings. The van der Waals surface area contributed by atoms with Gasteiger partial charge in [0, 0.05) is 16.5 Å². The van der Waals surface area contributed by atoms with Crippen molar-refractivity contribution in [1.29, 1.82) is 0 Å². The number of nitrogens with one attached hydrogen (secondary N) is 1. The molecule has 0 radical (unpaired) electrons. The zero-order valence-corrected chi connectivity index (χ0v) is 12.9. The lowest BCUT2D eigenvalue weighted by molar-refractivity contribution is 0.628. The van der Waals surface area contributed by atoms with Crippen molar-refractivity contribution < 1.29 is 4.39 Å². The van der Waals surface area contributed by atoms with Crippen molar-refractivity contribution in [3.05, 3.63) is 70.3 Å². The summed E-state index contributed by atoms with van der Waals surface area (Å²) in [6, 6.07) is 14.1. The third kappa shape index (κ3) is 3.50. The van der Waals surface area contributed by atoms with Crippen molar-refractivity contribution in [2.24, 2.45) is 5.10 Å². The summed E-state index contributed by atoms with van der Waals surface area (Å²) in [6.07, 6.45) is 1.53. The smallest absolute Gasteiger partial charge is 0.203 e. The van der Waals surface area contributed by atoms with E-state index in [1.807, 2.05) is 35.7 Å². The van der Waals surface area contributed by atoms with E-state index in [1.165, 1.54) is 29.7 Å². The third-order valence-corrected chi connectivity index (χ3v) is 3.97. The predicted molar refractivity (Wildman–Crippen MR) is 90.2 cm³/mol. The summed E-state index contributed by atoms with van der Waals surface area (Å²) in [4.78, 5) is 4.45. The second-order valence-electron chi connectivity index (χ2n) is 4.44. The highest BCUT2D eigenvalue weighted by atomic mass is 35.5. The van der Waals surface area contributed by atoms with E-state index in [9.17, 15) is 4.39 Å². The largest absolute Gasteiger partial charge is 0.253 e. The molecule has 110 valence electrons. The molecule has 0 fully saturated rings. The van der Waals surface area contributed by atoms with Gasteiger partial charge < -0.3 is 0 Å². The van der Waals surface area contributed by atoms with Crippen LogP contribution in [0.1, 0.15) is 5.56 Å². The van der Waals surface area contributed by atoms with Crippen molar-refractivity contribution in [3.63, 3.8) is 0 Å². The highest BCUT2D eigenvalue weighted by Gasteiger charge is 2.03. The second-order valence-corrected chi connectivity index (χ2v) is 5.71. The fraction of sp³-hybridized carbons (Fsp3) is 0. The van der Waals surface area contributed by atoms with Gasteiger partial charge in [0.25, 0.3) is 0 Å². The molecular formula is C16H11ClFN3S. The Balaban J connectivity index is 1.69. The topological polar surface area (TPSA) is 37.3 Å². The molecule has 0 spiro atoms. The molecule has 0 amide bonds. The average molecular weight is 332 g/mol. The van der Waals surface area contributed by atoms with Gasteiger partial charge in [-0.15, -0.1) is 11.3 Å². The Morgan fingerprint density at radius 3 is 2.77 bits per heavy atom. The first-order valence-electron chi connectivity index (χ1n) is 6.47. The molecule has 0 unspecified atom stereocenters. The minimum absolute atomic E-state index is 0.315. The number of halogens is 2. The molecule has 1 aromatic heterocycles. The number of benzene rings is 2. The lowest BCUT2D eigenvalue weighted by Crippen LogP contribution is -1.91. The fourth-order valence-corrected chi connectivity index (χ4v) is 2.71. The van der Waals surface area contributed by atoms with E-state index >= 15 is 0 Å². The Hall–Kier alpha value is -2.24. The monoisotopic (exact) mass is 331 g/mol. The van der Waals surface area contributed by atoms with Gasteiger partial charge in [0.15, 0.2) is 0 Å². The first kappa shape index (κ1) is 14.7. The van der Waals surface area contributed by atoms with Crippen LogP contribution in [0, 0.1) is 5.82 Å². The molecule has 2 aromatic carbocycles. The molecule has 3 aromatic rings. The Morgan fingerprint density at radius 2 is 2.00 bits per heavy atom. The number of hydrogen-bond donors (Lipinski definition) is 1. The first-order chi connectivity index (χ1) is 10.7. The van der Waals surface area contributed by atoms with Gasteiger partial charge in [0.2, 0.25) is 5.13 Å². The van der Waals surface area contributed by atoms with Crippen molar-refractivity contribution in [2.75, 3.05) is 5.43 Å². The van der Waals surface area contributed by atoms with E-state index in [2.05, 4.69) is 15.5 Å². The van der Waals surface area contributed by atoms with Crippen molar-refractivity contribution in [2.45, 2.75) is 0 Å². The first-order valence-corrected chi connectivity index (χ1v) is 7.73. The van der Waals surface area contributed by atoms with Gasteiger partial charge in [0.1, 0.15) is 5.82 Å². The van der Waals surface area contributed by atoms with Crippen molar-refractivity contribution >= 4 is 34.3 Å². The Kier molecular flexibility index (Phi) is 4.46. The van der Waals surface area contributed by atoms with Crippen LogP contribution >= 0.6 is 22.9 Å². The maximum absolute atomic E-state index is 12.9. The molecule has 1 heterocycles. The zero-order valence-electron chi connectivity index (χ0n) is 11.3. The van der Waals surface area contributed by atoms with E-state index < -0.39 is 0 Å². The molecule has 0 saturated carbocycles. The molecule has 1 N–H and O–H groups in total. The van der Waals surface area contributed by atoms with Crippen LogP contribution in [0.2, 0.25) is 5.02 Å². The van der Waals surface area contributed by atoms with E-state index in [1.54, 1.807) is 6.07 Å². The lowest BCUT2D eigenvalue weighted by atomic mass is 10.2. The molecule has 3 nitrogen and oxygen atoms in total. The zero-order chi connectivity index (χ0) is 15.4. The maximum atomic E-state index is 12.9. The number of hydrazone groups is 1. The molecular weight excluding hydrogens is 321 g/mol. The van der Waals surface area contributed by atoms with Crippen molar-refractivity contribution in [3.8, 4) is 11.3 Å². The summed E-state index contributed by atoms with van der Waals surface area (Å²) < 4.78 is 12.9. The molecule has 0 atom stereocenters. The quantitative estimate of drug-likeness (QED) is 0.536. The summed E-state index contributed by atoms with van der Waals surface area (Å²) in [5.41, 5.74) is 5.43. The summed E-state index contributed by atoms with van der Waals surface area (Å²) >= 11 is 7.38. The van der Waals surface area contributed by atoms with Crippen LogP contribution < -0.4 is 5.43 Å². The van der Waals surface area contributed by atoms with Gasteiger partial charge in [-0.2, -0.15) is 5.10 Å².